The molecule has 0 unspecified atom stereocenters. The maximum absolute atomic E-state index is 12.8. The van der Waals surface area contributed by atoms with Gasteiger partial charge in [-0.2, -0.15) is 0 Å². The van der Waals surface area contributed by atoms with E-state index in [1.165, 1.54) is 30.2 Å². The molecule has 1 aliphatic heterocycles. The van der Waals surface area contributed by atoms with Gasteiger partial charge < -0.3 is 25.3 Å². The molecule has 1 saturated heterocycles. The van der Waals surface area contributed by atoms with Crippen LogP contribution in [0.15, 0.2) is 12.1 Å². The van der Waals surface area contributed by atoms with Crippen molar-refractivity contribution in [2.75, 3.05) is 13.1 Å². The summed E-state index contributed by atoms with van der Waals surface area (Å²) >= 11 is 0. The predicted molar refractivity (Wildman–Crippen MR) is 135 cm³/mol. The first-order valence-corrected chi connectivity index (χ1v) is 12.7. The maximum Gasteiger partial charge on any atom is 0.286 e. The molecule has 5 N–H and O–H groups in total. The van der Waals surface area contributed by atoms with E-state index < -0.39 is 5.91 Å². The lowest BCUT2D eigenvalue weighted by Gasteiger charge is -2.42. The number of hydrogen-bond donors (Lipinski definition) is 5. The van der Waals surface area contributed by atoms with Crippen LogP contribution in [0.25, 0.3) is 0 Å². The minimum absolute atomic E-state index is 0.00993. The van der Waals surface area contributed by atoms with Crippen molar-refractivity contribution in [3.05, 3.63) is 23.3 Å². The molecule has 188 valence electrons. The molecule has 1 amide bonds. The van der Waals surface area contributed by atoms with E-state index in [2.05, 4.69) is 10.2 Å². The molecule has 1 saturated carbocycles. The monoisotopic (exact) mass is 471 g/mol. The second-order valence-corrected chi connectivity index (χ2v) is 10.3. The van der Waals surface area contributed by atoms with E-state index in [1.54, 1.807) is 6.07 Å². The highest BCUT2D eigenvalue weighted by Crippen LogP contribution is 2.35. The molecule has 1 aliphatic carbocycles. The summed E-state index contributed by atoms with van der Waals surface area (Å²) in [5, 5.41) is 41.3. The first-order valence-electron chi connectivity index (χ1n) is 12.7. The number of hydrogen-bond acceptors (Lipinski definition) is 6. The zero-order chi connectivity index (χ0) is 25.0. The highest BCUT2D eigenvalue weighted by molar-refractivity contribution is 6.40. The topological polar surface area (TPSA) is 124 Å². The fraction of sp³-hybridized carbons (Fsp3) is 0.654. The fourth-order valence-electron chi connectivity index (χ4n) is 5.26. The summed E-state index contributed by atoms with van der Waals surface area (Å²) in [7, 11) is 0. The Labute approximate surface area is 203 Å². The minimum Gasteiger partial charge on any atom is -0.508 e. The third-order valence-corrected chi connectivity index (χ3v) is 7.08. The van der Waals surface area contributed by atoms with E-state index >= 15 is 0 Å². The van der Waals surface area contributed by atoms with Gasteiger partial charge in [0.1, 0.15) is 17.3 Å². The van der Waals surface area contributed by atoms with Crippen LogP contribution in [-0.4, -0.2) is 68.8 Å². The molecule has 34 heavy (non-hydrogen) atoms. The summed E-state index contributed by atoms with van der Waals surface area (Å²) in [6.07, 6.45) is 7.27. The largest absolute Gasteiger partial charge is 0.508 e. The number of phenolic OH excluding ortho intramolecular Hbond substituents is 2. The second kappa shape index (κ2) is 11.2. The number of phenols is 2. The normalized spacial score (nSPS) is 21.5. The summed E-state index contributed by atoms with van der Waals surface area (Å²) < 4.78 is 0. The number of nitrogens with zero attached hydrogens (tertiary/aromatic N) is 2. The Morgan fingerprint density at radius 1 is 1.00 bits per heavy atom. The standard InChI is InChI=1S/C26H41N5O3/c1-16(2)20-14-21(23(33)15-22(20)32)24(27)31(25(28)26(34)29-17(3)4)19-10-8-18(9-11-19)30-12-6-5-7-13-30/h14-19,27-28,32-33H,5-13H2,1-4H3,(H,29,34). The van der Waals surface area contributed by atoms with E-state index in [0.717, 1.165) is 38.8 Å². The van der Waals surface area contributed by atoms with Crippen LogP contribution in [0.3, 0.4) is 0 Å². The molecule has 8 heteroatoms. The minimum atomic E-state index is -0.528. The van der Waals surface area contributed by atoms with Crippen LogP contribution in [0, 0.1) is 10.8 Å². The van der Waals surface area contributed by atoms with E-state index in [1.807, 2.05) is 27.7 Å². The third-order valence-electron chi connectivity index (χ3n) is 7.08. The molecule has 0 spiro atoms. The van der Waals surface area contributed by atoms with Crippen LogP contribution < -0.4 is 5.32 Å². The van der Waals surface area contributed by atoms with Crippen molar-refractivity contribution in [2.24, 2.45) is 0 Å². The SMILES string of the molecule is CC(C)NC(=O)C(=N)N(C(=N)c1cc(C(C)C)c(O)cc1O)C1CCC(N2CCCCC2)CC1. The molecule has 0 radical (unpaired) electrons. The van der Waals surface area contributed by atoms with Gasteiger partial charge >= 0.3 is 0 Å². The van der Waals surface area contributed by atoms with Gasteiger partial charge in [-0.05, 0) is 83.0 Å². The second-order valence-electron chi connectivity index (χ2n) is 10.3. The molecule has 3 rings (SSSR count). The molecular weight excluding hydrogens is 430 g/mol. The van der Waals surface area contributed by atoms with Crippen molar-refractivity contribution in [3.63, 3.8) is 0 Å². The third kappa shape index (κ3) is 5.90. The van der Waals surface area contributed by atoms with Gasteiger partial charge in [0.15, 0.2) is 5.84 Å². The lowest BCUT2D eigenvalue weighted by Crippen LogP contribution is -2.53. The number of carbonyl (C=O) groups excluding carboxylic acids is 1. The molecule has 1 aromatic carbocycles. The van der Waals surface area contributed by atoms with E-state index in [4.69, 9.17) is 10.8 Å². The molecule has 2 fully saturated rings. The van der Waals surface area contributed by atoms with Gasteiger partial charge in [-0.15, -0.1) is 0 Å². The summed E-state index contributed by atoms with van der Waals surface area (Å²) in [5.74, 6) is -1.14. The van der Waals surface area contributed by atoms with Gasteiger partial charge in [0.25, 0.3) is 5.91 Å². The average Bonchev–Trinajstić information content (AvgIpc) is 2.79. The van der Waals surface area contributed by atoms with E-state index in [9.17, 15) is 15.0 Å². The number of likely N-dealkylation sites (tertiary alicyclic amines) is 1. The Balaban J connectivity index is 1.87. The van der Waals surface area contributed by atoms with E-state index in [-0.39, 0.29) is 46.7 Å². The zero-order valence-electron chi connectivity index (χ0n) is 21.0. The highest BCUT2D eigenvalue weighted by atomic mass is 16.3. The number of nitrogens with one attached hydrogen (secondary N) is 3. The highest BCUT2D eigenvalue weighted by Gasteiger charge is 2.35. The first-order chi connectivity index (χ1) is 16.1. The van der Waals surface area contributed by atoms with Gasteiger partial charge in [0, 0.05) is 24.2 Å². The lowest BCUT2D eigenvalue weighted by atomic mass is 9.87. The van der Waals surface area contributed by atoms with Crippen molar-refractivity contribution < 1.29 is 15.0 Å². The molecule has 8 nitrogen and oxygen atoms in total. The van der Waals surface area contributed by atoms with Gasteiger partial charge in [-0.3, -0.25) is 15.6 Å². The van der Waals surface area contributed by atoms with Gasteiger partial charge in [-0.1, -0.05) is 20.3 Å². The van der Waals surface area contributed by atoms with E-state index in [0.29, 0.717) is 11.6 Å². The number of amidine groups is 2. The number of piperidine rings is 1. The number of benzene rings is 1. The molecule has 0 aromatic heterocycles. The lowest BCUT2D eigenvalue weighted by molar-refractivity contribution is -0.116. The maximum atomic E-state index is 12.8. The average molecular weight is 472 g/mol. The summed E-state index contributed by atoms with van der Waals surface area (Å²) in [6.45, 7) is 9.81. The Bertz CT molecular complexity index is 900. The molecule has 1 aromatic rings. The Morgan fingerprint density at radius 2 is 1.62 bits per heavy atom. The Kier molecular flexibility index (Phi) is 8.57. The molecule has 0 bridgehead atoms. The van der Waals surface area contributed by atoms with Crippen LogP contribution >= 0.6 is 0 Å². The van der Waals surface area contributed by atoms with Crippen molar-refractivity contribution in [2.45, 2.75) is 96.7 Å². The predicted octanol–water partition coefficient (Wildman–Crippen LogP) is 4.15. The van der Waals surface area contributed by atoms with Crippen LogP contribution in [0.1, 0.15) is 89.7 Å². The molecular formula is C26H41N5O3. The zero-order valence-corrected chi connectivity index (χ0v) is 21.0. The van der Waals surface area contributed by atoms with Crippen LogP contribution in [0.5, 0.6) is 11.5 Å². The summed E-state index contributed by atoms with van der Waals surface area (Å²) in [6, 6.07) is 3.07. The van der Waals surface area contributed by atoms with Crippen LogP contribution in [-0.2, 0) is 4.79 Å². The summed E-state index contributed by atoms with van der Waals surface area (Å²) in [5.41, 5.74) is 0.839. The first kappa shape index (κ1) is 26.0. The molecule has 2 aliphatic rings. The van der Waals surface area contributed by atoms with Gasteiger partial charge in [0.2, 0.25) is 0 Å². The smallest absolute Gasteiger partial charge is 0.286 e. The van der Waals surface area contributed by atoms with Crippen LogP contribution in [0.2, 0.25) is 0 Å². The van der Waals surface area contributed by atoms with Crippen molar-refractivity contribution in [3.8, 4) is 11.5 Å². The van der Waals surface area contributed by atoms with Gasteiger partial charge in [0.05, 0.1) is 5.56 Å². The van der Waals surface area contributed by atoms with Gasteiger partial charge in [-0.25, -0.2) is 0 Å². The molecule has 0 atom stereocenters. The van der Waals surface area contributed by atoms with Crippen LogP contribution in [0.4, 0.5) is 0 Å². The Hall–Kier alpha value is -2.61. The Morgan fingerprint density at radius 3 is 2.18 bits per heavy atom. The van der Waals surface area contributed by atoms with Crippen molar-refractivity contribution >= 4 is 17.6 Å². The summed E-state index contributed by atoms with van der Waals surface area (Å²) in [4.78, 5) is 16.9. The number of aromatic hydroxyl groups is 2. The number of carbonyl (C=O) groups is 1. The number of amides is 1. The number of rotatable bonds is 5. The quantitative estimate of drug-likeness (QED) is 0.326. The fourth-order valence-corrected chi connectivity index (χ4v) is 5.26. The van der Waals surface area contributed by atoms with Crippen molar-refractivity contribution in [1.29, 1.82) is 10.8 Å². The molecule has 1 heterocycles. The van der Waals surface area contributed by atoms with Crippen molar-refractivity contribution in [1.82, 2.24) is 15.1 Å².